The normalized spacial score (nSPS) is 12.0. The van der Waals surface area contributed by atoms with Gasteiger partial charge in [0.15, 0.2) is 0 Å². The molecule has 0 saturated heterocycles. The van der Waals surface area contributed by atoms with E-state index in [1.165, 1.54) is 226 Å². The second-order valence-corrected chi connectivity index (χ2v) is 18.9. The molecular weight excluding hydrogens is 677 g/mol. The Morgan fingerprint density at radius 1 is 0.283 bits per heavy atom. The number of hydrogen-bond acceptors (Lipinski definition) is 4. The van der Waals surface area contributed by atoms with Crippen LogP contribution in [0.1, 0.15) is 215 Å². The van der Waals surface area contributed by atoms with E-state index in [-0.39, 0.29) is 0 Å². The van der Waals surface area contributed by atoms with Crippen LogP contribution in [0.4, 0.5) is 0 Å². The molecule has 0 aromatic heterocycles. The lowest BCUT2D eigenvalue weighted by Gasteiger charge is -2.36. The summed E-state index contributed by atoms with van der Waals surface area (Å²) < 4.78 is 12.2. The van der Waals surface area contributed by atoms with Crippen molar-refractivity contribution in [1.29, 1.82) is 0 Å². The Kier molecular flexibility index (Phi) is 46.9. The highest BCUT2D eigenvalue weighted by molar-refractivity contribution is 7.40. The van der Waals surface area contributed by atoms with Crippen molar-refractivity contribution in [2.75, 3.05) is 81.6 Å². The van der Waals surface area contributed by atoms with Gasteiger partial charge < -0.3 is 32.7 Å². The van der Waals surface area contributed by atoms with E-state index in [0.29, 0.717) is 0 Å². The van der Waals surface area contributed by atoms with Crippen molar-refractivity contribution >= 4 is 7.82 Å². The summed E-state index contributed by atoms with van der Waals surface area (Å²) in [7, 11) is 8.90. The molecule has 0 atom stereocenters. The third-order valence-electron chi connectivity index (χ3n) is 10.5. The fourth-order valence-electron chi connectivity index (χ4n) is 6.58. The van der Waals surface area contributed by atoms with E-state index in [2.05, 4.69) is 83.8 Å². The minimum atomic E-state index is -5.39. The van der Waals surface area contributed by atoms with Crippen LogP contribution in [-0.4, -0.2) is 95.0 Å². The standard InChI is InChI=1S/3C15H34N.H3O4P/c3*1-5-7-9-10-11-12-13-15-16(3,4)14-8-6-2;1-5(2,3)4/h3*5-15H2,1-4H3;(H3,1,2,3,4)/q3*+1;/p-3. The monoisotopic (exact) mass is 780 g/mol. The van der Waals surface area contributed by atoms with Crippen LogP contribution < -0.4 is 14.7 Å². The van der Waals surface area contributed by atoms with Gasteiger partial charge in [0.05, 0.1) is 81.6 Å². The van der Waals surface area contributed by atoms with Crippen LogP contribution in [0.25, 0.3) is 0 Å². The predicted octanol–water partition coefficient (Wildman–Crippen LogP) is 11.0. The zero-order valence-corrected chi connectivity index (χ0v) is 39.7. The molecule has 0 spiro atoms. The predicted molar refractivity (Wildman–Crippen MR) is 232 cm³/mol. The van der Waals surface area contributed by atoms with Gasteiger partial charge in [0.1, 0.15) is 0 Å². The maximum Gasteiger partial charge on any atom is 0.0782 e. The van der Waals surface area contributed by atoms with Gasteiger partial charge in [0.2, 0.25) is 0 Å². The van der Waals surface area contributed by atoms with Gasteiger partial charge in [-0.3, -0.25) is 0 Å². The van der Waals surface area contributed by atoms with Crippen molar-refractivity contribution in [3.8, 4) is 0 Å². The molecule has 0 saturated carbocycles. The van der Waals surface area contributed by atoms with E-state index in [9.17, 15) is 0 Å². The van der Waals surface area contributed by atoms with Crippen molar-refractivity contribution in [3.05, 3.63) is 0 Å². The van der Waals surface area contributed by atoms with Gasteiger partial charge in [-0.2, -0.15) is 7.82 Å². The third kappa shape index (κ3) is 64.2. The fourth-order valence-corrected chi connectivity index (χ4v) is 6.58. The number of hydrogen-bond donors (Lipinski definition) is 0. The minimum absolute atomic E-state index is 1.23. The molecule has 7 nitrogen and oxygen atoms in total. The molecule has 0 N–H and O–H groups in total. The van der Waals surface area contributed by atoms with Crippen LogP contribution in [0, 0.1) is 0 Å². The Hall–Kier alpha value is -0.0100. The molecule has 0 fully saturated rings. The van der Waals surface area contributed by atoms with Gasteiger partial charge in [-0.25, -0.2) is 0 Å². The van der Waals surface area contributed by atoms with Crippen LogP contribution >= 0.6 is 7.82 Å². The molecule has 0 unspecified atom stereocenters. The van der Waals surface area contributed by atoms with E-state index in [0.717, 1.165) is 0 Å². The summed E-state index contributed by atoms with van der Waals surface area (Å²) in [5.74, 6) is 0. The molecule has 53 heavy (non-hydrogen) atoms. The first-order valence-corrected chi connectivity index (χ1v) is 24.5. The zero-order chi connectivity index (χ0) is 41.3. The summed E-state index contributed by atoms with van der Waals surface area (Å²) in [5, 5.41) is 0. The first kappa shape index (κ1) is 59.7. The average molecular weight is 780 g/mol. The molecule has 0 amide bonds. The Balaban J connectivity index is -0.000000318. The second kappa shape index (κ2) is 41.6. The summed E-state index contributed by atoms with van der Waals surface area (Å²) in [6.45, 7) is 21.9. The van der Waals surface area contributed by atoms with Crippen LogP contribution in [0.3, 0.4) is 0 Å². The molecule has 0 heterocycles. The van der Waals surface area contributed by atoms with Crippen molar-refractivity contribution in [3.63, 3.8) is 0 Å². The quantitative estimate of drug-likeness (QED) is 0.0377. The molecule has 8 heteroatoms. The maximum atomic E-state index is 8.55. The Bertz CT molecular complexity index is 654. The molecule has 0 aromatic rings. The van der Waals surface area contributed by atoms with E-state index < -0.39 is 7.82 Å². The van der Waals surface area contributed by atoms with Gasteiger partial charge in [0.25, 0.3) is 0 Å². The van der Waals surface area contributed by atoms with E-state index in [1.54, 1.807) is 0 Å². The fraction of sp³-hybridized carbons (Fsp3) is 1.00. The van der Waals surface area contributed by atoms with Gasteiger partial charge in [-0.1, -0.05) is 157 Å². The zero-order valence-electron chi connectivity index (χ0n) is 38.8. The second-order valence-electron chi connectivity index (χ2n) is 18.0. The first-order valence-electron chi connectivity index (χ1n) is 23.1. The van der Waals surface area contributed by atoms with Gasteiger partial charge in [0, 0.05) is 0 Å². The highest BCUT2D eigenvalue weighted by Gasteiger charge is 2.14. The van der Waals surface area contributed by atoms with Gasteiger partial charge >= 0.3 is 0 Å². The molecular formula is C45H102N3O4P. The summed E-state index contributed by atoms with van der Waals surface area (Å²) in [4.78, 5) is 25.6. The van der Waals surface area contributed by atoms with Gasteiger partial charge in [-0.15, -0.1) is 0 Å². The number of quaternary nitrogens is 3. The molecule has 0 aliphatic rings. The Morgan fingerprint density at radius 3 is 0.585 bits per heavy atom. The topological polar surface area (TPSA) is 86.2 Å². The largest absolute Gasteiger partial charge is 0.822 e. The molecule has 0 aliphatic heterocycles. The van der Waals surface area contributed by atoms with Crippen molar-refractivity contribution in [2.45, 2.75) is 215 Å². The van der Waals surface area contributed by atoms with Crippen LogP contribution in [0.5, 0.6) is 0 Å². The highest BCUT2D eigenvalue weighted by Crippen LogP contribution is 2.12. The Morgan fingerprint density at radius 2 is 0.415 bits per heavy atom. The van der Waals surface area contributed by atoms with E-state index in [4.69, 9.17) is 19.2 Å². The molecule has 0 bridgehead atoms. The summed E-state index contributed by atoms with van der Waals surface area (Å²) in [5.41, 5.74) is 0. The van der Waals surface area contributed by atoms with Crippen LogP contribution in [0.15, 0.2) is 0 Å². The maximum absolute atomic E-state index is 8.55. The molecule has 0 rings (SSSR count). The lowest BCUT2D eigenvalue weighted by molar-refractivity contribution is -0.890. The molecule has 0 radical (unpaired) electrons. The van der Waals surface area contributed by atoms with Gasteiger partial charge in [-0.05, 0) is 57.8 Å². The minimum Gasteiger partial charge on any atom is -0.822 e. The average Bonchev–Trinajstić information content (AvgIpc) is 3.07. The van der Waals surface area contributed by atoms with Crippen LogP contribution in [-0.2, 0) is 4.57 Å². The van der Waals surface area contributed by atoms with Crippen molar-refractivity contribution < 1.29 is 32.7 Å². The van der Waals surface area contributed by atoms with E-state index >= 15 is 0 Å². The van der Waals surface area contributed by atoms with E-state index in [1.807, 2.05) is 0 Å². The lowest BCUT2D eigenvalue weighted by atomic mass is 10.1. The summed E-state index contributed by atoms with van der Waals surface area (Å²) in [6.07, 6.45) is 38.2. The SMILES string of the molecule is CCCCCCCCC[N+](C)(C)CCCC.CCCCCCCCC[N+](C)(C)CCCC.CCCCCCCCC[N+](C)(C)CCCC.O=P([O-])([O-])[O-]. The van der Waals surface area contributed by atoms with Crippen molar-refractivity contribution in [2.24, 2.45) is 0 Å². The summed E-state index contributed by atoms with van der Waals surface area (Å²) in [6, 6.07) is 0. The van der Waals surface area contributed by atoms with Crippen molar-refractivity contribution in [1.82, 2.24) is 0 Å². The molecule has 0 aromatic carbocycles. The molecule has 326 valence electrons. The number of unbranched alkanes of at least 4 members (excludes halogenated alkanes) is 21. The number of phosphoric acid groups is 1. The highest BCUT2D eigenvalue weighted by atomic mass is 31.2. The lowest BCUT2D eigenvalue weighted by Crippen LogP contribution is -2.41. The summed E-state index contributed by atoms with van der Waals surface area (Å²) >= 11 is 0. The number of nitrogens with zero attached hydrogens (tertiary/aromatic N) is 3. The molecule has 0 aliphatic carbocycles. The smallest absolute Gasteiger partial charge is 0.0782 e. The Labute approximate surface area is 336 Å². The number of rotatable bonds is 33. The first-order chi connectivity index (χ1) is 24.9. The third-order valence-corrected chi connectivity index (χ3v) is 10.5. The van der Waals surface area contributed by atoms with Crippen LogP contribution in [0.2, 0.25) is 0 Å².